The van der Waals surface area contributed by atoms with Crippen molar-refractivity contribution >= 4 is 0 Å². The topological polar surface area (TPSA) is 3.24 Å². The summed E-state index contributed by atoms with van der Waals surface area (Å²) in [5, 5.41) is 0. The summed E-state index contributed by atoms with van der Waals surface area (Å²) < 4.78 is 0. The zero-order valence-electron chi connectivity index (χ0n) is 6.35. The van der Waals surface area contributed by atoms with Gasteiger partial charge in [-0.15, -0.1) is 0 Å². The van der Waals surface area contributed by atoms with Crippen molar-refractivity contribution < 1.29 is 0 Å². The monoisotopic (exact) mass is 125 g/mol. The Labute approximate surface area is 57.4 Å². The summed E-state index contributed by atoms with van der Waals surface area (Å²) >= 11 is 0. The SMILES string of the molecule is C=C(C)N1CCCC1C. The van der Waals surface area contributed by atoms with E-state index in [9.17, 15) is 0 Å². The highest BCUT2D eigenvalue weighted by Gasteiger charge is 2.18. The van der Waals surface area contributed by atoms with Crippen molar-refractivity contribution in [2.45, 2.75) is 32.7 Å². The van der Waals surface area contributed by atoms with Crippen LogP contribution in [0, 0.1) is 0 Å². The molecule has 0 radical (unpaired) electrons. The molecule has 1 fully saturated rings. The van der Waals surface area contributed by atoms with Crippen molar-refractivity contribution in [2.24, 2.45) is 0 Å². The maximum atomic E-state index is 3.91. The first-order valence-corrected chi connectivity index (χ1v) is 3.64. The maximum absolute atomic E-state index is 3.91. The Hall–Kier alpha value is -0.460. The Kier molecular flexibility index (Phi) is 1.79. The zero-order valence-corrected chi connectivity index (χ0v) is 6.35. The van der Waals surface area contributed by atoms with Crippen molar-refractivity contribution in [3.63, 3.8) is 0 Å². The van der Waals surface area contributed by atoms with Crippen LogP contribution in [0.4, 0.5) is 0 Å². The molecule has 1 unspecified atom stereocenters. The van der Waals surface area contributed by atoms with E-state index in [0.29, 0.717) is 0 Å². The van der Waals surface area contributed by atoms with Crippen LogP contribution >= 0.6 is 0 Å². The van der Waals surface area contributed by atoms with Gasteiger partial charge in [0, 0.05) is 18.3 Å². The van der Waals surface area contributed by atoms with Gasteiger partial charge in [0.2, 0.25) is 0 Å². The Morgan fingerprint density at radius 3 is 2.56 bits per heavy atom. The van der Waals surface area contributed by atoms with Gasteiger partial charge in [0.05, 0.1) is 0 Å². The number of allylic oxidation sites excluding steroid dienone is 1. The summed E-state index contributed by atoms with van der Waals surface area (Å²) in [7, 11) is 0. The molecule has 0 bridgehead atoms. The lowest BCUT2D eigenvalue weighted by Crippen LogP contribution is -2.23. The van der Waals surface area contributed by atoms with E-state index in [2.05, 4.69) is 25.3 Å². The van der Waals surface area contributed by atoms with E-state index < -0.39 is 0 Å². The molecule has 9 heavy (non-hydrogen) atoms. The van der Waals surface area contributed by atoms with Gasteiger partial charge in [-0.2, -0.15) is 0 Å². The summed E-state index contributed by atoms with van der Waals surface area (Å²) in [5.41, 5.74) is 1.22. The quantitative estimate of drug-likeness (QED) is 0.518. The molecule has 52 valence electrons. The number of hydrogen-bond acceptors (Lipinski definition) is 1. The highest BCUT2D eigenvalue weighted by molar-refractivity contribution is 4.94. The van der Waals surface area contributed by atoms with Crippen LogP contribution in [0.15, 0.2) is 12.3 Å². The maximum Gasteiger partial charge on any atom is 0.0259 e. The second kappa shape index (κ2) is 2.42. The Balaban J connectivity index is 2.49. The Morgan fingerprint density at radius 1 is 1.67 bits per heavy atom. The lowest BCUT2D eigenvalue weighted by molar-refractivity contribution is 0.342. The molecule has 0 amide bonds. The lowest BCUT2D eigenvalue weighted by Gasteiger charge is -2.22. The molecule has 1 atom stereocenters. The van der Waals surface area contributed by atoms with E-state index in [1.165, 1.54) is 25.1 Å². The molecule has 0 spiro atoms. The van der Waals surface area contributed by atoms with Crippen LogP contribution in [-0.4, -0.2) is 17.5 Å². The highest BCUT2D eigenvalue weighted by atomic mass is 15.2. The number of likely N-dealkylation sites (tertiary alicyclic amines) is 1. The first-order valence-electron chi connectivity index (χ1n) is 3.64. The molecule has 0 aromatic rings. The van der Waals surface area contributed by atoms with Crippen molar-refractivity contribution in [2.75, 3.05) is 6.54 Å². The molecule has 1 rings (SSSR count). The lowest BCUT2D eigenvalue weighted by atomic mass is 10.2. The third-order valence-corrected chi connectivity index (χ3v) is 2.04. The highest BCUT2D eigenvalue weighted by Crippen LogP contribution is 2.19. The first-order chi connectivity index (χ1) is 4.22. The molecular formula is C8H15N. The van der Waals surface area contributed by atoms with E-state index in [-0.39, 0.29) is 0 Å². The average molecular weight is 125 g/mol. The fraction of sp³-hybridized carbons (Fsp3) is 0.750. The predicted molar refractivity (Wildman–Crippen MR) is 40.2 cm³/mol. The van der Waals surface area contributed by atoms with E-state index in [1.54, 1.807) is 0 Å². The second-order valence-electron chi connectivity index (χ2n) is 2.92. The molecular weight excluding hydrogens is 110 g/mol. The van der Waals surface area contributed by atoms with Gasteiger partial charge in [-0.3, -0.25) is 0 Å². The number of nitrogens with zero attached hydrogens (tertiary/aromatic N) is 1. The number of hydrogen-bond donors (Lipinski definition) is 0. The second-order valence-corrected chi connectivity index (χ2v) is 2.92. The van der Waals surface area contributed by atoms with Crippen LogP contribution < -0.4 is 0 Å². The summed E-state index contributed by atoms with van der Waals surface area (Å²) in [4.78, 5) is 2.38. The average Bonchev–Trinajstić information content (AvgIpc) is 2.13. The molecule has 1 saturated heterocycles. The van der Waals surface area contributed by atoms with Gasteiger partial charge < -0.3 is 4.90 Å². The van der Waals surface area contributed by atoms with Crippen LogP contribution in [0.25, 0.3) is 0 Å². The van der Waals surface area contributed by atoms with Crippen LogP contribution in [0.3, 0.4) is 0 Å². The van der Waals surface area contributed by atoms with Gasteiger partial charge in [0.25, 0.3) is 0 Å². The fourth-order valence-corrected chi connectivity index (χ4v) is 1.50. The molecule has 1 aliphatic heterocycles. The summed E-state index contributed by atoms with van der Waals surface area (Å²) in [5.74, 6) is 0. The van der Waals surface area contributed by atoms with Crippen molar-refractivity contribution in [1.29, 1.82) is 0 Å². The van der Waals surface area contributed by atoms with Gasteiger partial charge in [-0.05, 0) is 26.7 Å². The minimum Gasteiger partial charge on any atom is -0.373 e. The first kappa shape index (κ1) is 6.66. The van der Waals surface area contributed by atoms with Crippen molar-refractivity contribution in [3.8, 4) is 0 Å². The Bertz CT molecular complexity index is 118. The van der Waals surface area contributed by atoms with Crippen molar-refractivity contribution in [3.05, 3.63) is 12.3 Å². The van der Waals surface area contributed by atoms with E-state index in [4.69, 9.17) is 0 Å². The molecule has 1 heterocycles. The normalized spacial score (nSPS) is 26.9. The number of rotatable bonds is 1. The summed E-state index contributed by atoms with van der Waals surface area (Å²) in [6.07, 6.45) is 2.68. The van der Waals surface area contributed by atoms with Gasteiger partial charge in [-0.1, -0.05) is 6.58 Å². The summed E-state index contributed by atoms with van der Waals surface area (Å²) in [6.45, 7) is 9.48. The van der Waals surface area contributed by atoms with E-state index >= 15 is 0 Å². The van der Waals surface area contributed by atoms with Crippen LogP contribution in [0.2, 0.25) is 0 Å². The third kappa shape index (κ3) is 1.26. The fourth-order valence-electron chi connectivity index (χ4n) is 1.50. The molecule has 0 N–H and O–H groups in total. The molecule has 0 aromatic heterocycles. The predicted octanol–water partition coefficient (Wildman–Crippen LogP) is 2.00. The molecule has 0 saturated carbocycles. The van der Waals surface area contributed by atoms with Crippen LogP contribution in [0.5, 0.6) is 0 Å². The smallest absolute Gasteiger partial charge is 0.0259 e. The van der Waals surface area contributed by atoms with Gasteiger partial charge >= 0.3 is 0 Å². The standard InChI is InChI=1S/C8H15N/c1-7(2)9-6-4-5-8(9)3/h8H,1,4-6H2,2-3H3. The summed E-state index contributed by atoms with van der Waals surface area (Å²) in [6, 6.07) is 0.738. The minimum atomic E-state index is 0.738. The molecule has 1 nitrogen and oxygen atoms in total. The van der Waals surface area contributed by atoms with Crippen LogP contribution in [0.1, 0.15) is 26.7 Å². The van der Waals surface area contributed by atoms with Crippen LogP contribution in [-0.2, 0) is 0 Å². The van der Waals surface area contributed by atoms with Gasteiger partial charge in [0.15, 0.2) is 0 Å². The molecule has 1 aliphatic rings. The zero-order chi connectivity index (χ0) is 6.85. The van der Waals surface area contributed by atoms with Gasteiger partial charge in [0.1, 0.15) is 0 Å². The Morgan fingerprint density at radius 2 is 2.33 bits per heavy atom. The minimum absolute atomic E-state index is 0.738. The largest absolute Gasteiger partial charge is 0.373 e. The third-order valence-electron chi connectivity index (χ3n) is 2.04. The van der Waals surface area contributed by atoms with Gasteiger partial charge in [-0.25, -0.2) is 0 Å². The molecule has 0 aliphatic carbocycles. The molecule has 1 heteroatoms. The van der Waals surface area contributed by atoms with Crippen molar-refractivity contribution in [1.82, 2.24) is 4.90 Å². The van der Waals surface area contributed by atoms with E-state index in [1.807, 2.05) is 0 Å². The molecule has 0 aromatic carbocycles. The van der Waals surface area contributed by atoms with E-state index in [0.717, 1.165) is 6.04 Å².